The van der Waals surface area contributed by atoms with Crippen LogP contribution in [0.1, 0.15) is 62.1 Å². The Kier molecular flexibility index (Phi) is 8.12. The van der Waals surface area contributed by atoms with Crippen LogP contribution in [-0.4, -0.2) is 41.3 Å². The summed E-state index contributed by atoms with van der Waals surface area (Å²) in [6, 6.07) is 19.2. The van der Waals surface area contributed by atoms with Crippen molar-refractivity contribution in [3.05, 3.63) is 76.3 Å². The molecule has 2 fully saturated rings. The first-order valence-electron chi connectivity index (χ1n) is 14.7. The molecule has 210 valence electrons. The second kappa shape index (κ2) is 11.9. The highest BCUT2D eigenvalue weighted by Crippen LogP contribution is 2.41. The SMILES string of the molecule is C[C@@H]1CCCN(c2cc(N3CCc4ccccc4C3)nc(NC(=S)NCC3(c4cccc(Cl)c4)CCCC3)n2)C1. The van der Waals surface area contributed by atoms with Gasteiger partial charge < -0.3 is 20.4 Å². The van der Waals surface area contributed by atoms with Crippen LogP contribution in [0.2, 0.25) is 5.02 Å². The van der Waals surface area contributed by atoms with E-state index in [1.54, 1.807) is 0 Å². The van der Waals surface area contributed by atoms with E-state index in [0.29, 0.717) is 17.0 Å². The van der Waals surface area contributed by atoms with Gasteiger partial charge in [0.25, 0.3) is 0 Å². The molecule has 1 atom stereocenters. The summed E-state index contributed by atoms with van der Waals surface area (Å²) in [5.41, 5.74) is 4.13. The minimum Gasteiger partial charge on any atom is -0.361 e. The maximum atomic E-state index is 6.37. The fourth-order valence-electron chi connectivity index (χ4n) is 6.72. The van der Waals surface area contributed by atoms with Crippen LogP contribution in [-0.2, 0) is 18.4 Å². The van der Waals surface area contributed by atoms with Gasteiger partial charge in [-0.3, -0.25) is 0 Å². The van der Waals surface area contributed by atoms with Gasteiger partial charge in [0.1, 0.15) is 11.6 Å². The third-order valence-electron chi connectivity index (χ3n) is 8.95. The monoisotopic (exact) mass is 574 g/mol. The molecule has 0 unspecified atom stereocenters. The Bertz CT molecular complexity index is 1360. The number of hydrogen-bond donors (Lipinski definition) is 2. The van der Waals surface area contributed by atoms with Gasteiger partial charge in [0.15, 0.2) is 5.11 Å². The number of aromatic nitrogens is 2. The lowest BCUT2D eigenvalue weighted by atomic mass is 9.79. The van der Waals surface area contributed by atoms with Crippen molar-refractivity contribution < 1.29 is 0 Å². The highest BCUT2D eigenvalue weighted by Gasteiger charge is 2.36. The molecule has 6 nitrogen and oxygen atoms in total. The highest BCUT2D eigenvalue weighted by atomic mass is 35.5. The second-order valence-corrected chi connectivity index (χ2v) is 12.7. The Morgan fingerprint density at radius 2 is 1.75 bits per heavy atom. The fourth-order valence-corrected chi connectivity index (χ4v) is 7.08. The first-order chi connectivity index (χ1) is 19.5. The molecule has 2 N–H and O–H groups in total. The predicted molar refractivity (Wildman–Crippen MR) is 170 cm³/mol. The topological polar surface area (TPSA) is 56.3 Å². The number of anilines is 3. The first kappa shape index (κ1) is 27.3. The summed E-state index contributed by atoms with van der Waals surface area (Å²) < 4.78 is 0. The van der Waals surface area contributed by atoms with Crippen LogP contribution in [0.4, 0.5) is 17.6 Å². The van der Waals surface area contributed by atoms with Crippen LogP contribution >= 0.6 is 23.8 Å². The molecule has 40 heavy (non-hydrogen) atoms. The van der Waals surface area contributed by atoms with E-state index in [2.05, 4.69) is 75.9 Å². The Labute approximate surface area is 248 Å². The van der Waals surface area contributed by atoms with Gasteiger partial charge in [-0.05, 0) is 79.1 Å². The Morgan fingerprint density at radius 1 is 0.975 bits per heavy atom. The van der Waals surface area contributed by atoms with Crippen molar-refractivity contribution >= 4 is 46.5 Å². The van der Waals surface area contributed by atoms with E-state index in [1.807, 2.05) is 6.07 Å². The van der Waals surface area contributed by atoms with Gasteiger partial charge in [-0.2, -0.15) is 9.97 Å². The smallest absolute Gasteiger partial charge is 0.232 e. The third kappa shape index (κ3) is 6.06. The number of hydrogen-bond acceptors (Lipinski definition) is 5. The molecule has 1 saturated carbocycles. The van der Waals surface area contributed by atoms with Gasteiger partial charge in [0, 0.05) is 49.2 Å². The van der Waals surface area contributed by atoms with Gasteiger partial charge >= 0.3 is 0 Å². The zero-order chi connectivity index (χ0) is 27.5. The van der Waals surface area contributed by atoms with E-state index in [1.165, 1.54) is 42.4 Å². The van der Waals surface area contributed by atoms with Crippen molar-refractivity contribution in [1.82, 2.24) is 15.3 Å². The second-order valence-electron chi connectivity index (χ2n) is 11.8. The number of nitrogens with one attached hydrogen (secondary N) is 2. The largest absolute Gasteiger partial charge is 0.361 e. The van der Waals surface area contributed by atoms with Gasteiger partial charge in [-0.1, -0.05) is 67.8 Å². The molecule has 3 aromatic rings. The van der Waals surface area contributed by atoms with Gasteiger partial charge in [0.05, 0.1) is 0 Å². The standard InChI is InChI=1S/C32H39ClN6S/c1-23-8-7-16-38(20-23)28-19-29(39-17-13-24-9-2-3-10-25(24)21-39)36-30(35-28)37-31(40)34-22-32(14-4-5-15-32)26-11-6-12-27(33)18-26/h2-3,6,9-12,18-19,23H,4-5,7-8,13-17,20-22H2,1H3,(H2,34,35,36,37,40)/t23-/m1/s1. The van der Waals surface area contributed by atoms with Gasteiger partial charge in [0.2, 0.25) is 5.95 Å². The third-order valence-corrected chi connectivity index (χ3v) is 9.43. The summed E-state index contributed by atoms with van der Waals surface area (Å²) in [7, 11) is 0. The average molecular weight is 575 g/mol. The molecule has 2 aliphatic heterocycles. The summed E-state index contributed by atoms with van der Waals surface area (Å²) in [4.78, 5) is 14.7. The summed E-state index contributed by atoms with van der Waals surface area (Å²) in [5.74, 6) is 3.15. The van der Waals surface area contributed by atoms with Crippen molar-refractivity contribution in [2.24, 2.45) is 5.92 Å². The van der Waals surface area contributed by atoms with Crippen LogP contribution in [0, 0.1) is 5.92 Å². The molecule has 0 radical (unpaired) electrons. The van der Waals surface area contributed by atoms with Crippen molar-refractivity contribution in [2.45, 2.75) is 63.8 Å². The van der Waals surface area contributed by atoms with E-state index in [0.717, 1.165) is 68.6 Å². The molecule has 1 aromatic heterocycles. The molecule has 1 saturated heterocycles. The Hall–Kier alpha value is -2.90. The summed E-state index contributed by atoms with van der Waals surface area (Å²) in [6.07, 6.45) is 8.17. The van der Waals surface area contributed by atoms with Crippen molar-refractivity contribution in [3.63, 3.8) is 0 Å². The maximum absolute atomic E-state index is 6.37. The van der Waals surface area contributed by atoms with Crippen LogP contribution in [0.3, 0.4) is 0 Å². The number of benzene rings is 2. The molecule has 8 heteroatoms. The molecule has 6 rings (SSSR count). The van der Waals surface area contributed by atoms with Gasteiger partial charge in [-0.25, -0.2) is 0 Å². The number of fused-ring (bicyclic) bond motifs is 1. The first-order valence-corrected chi connectivity index (χ1v) is 15.5. The van der Waals surface area contributed by atoms with Crippen molar-refractivity contribution in [1.29, 1.82) is 0 Å². The predicted octanol–water partition coefficient (Wildman–Crippen LogP) is 6.73. The van der Waals surface area contributed by atoms with Crippen LogP contribution in [0.15, 0.2) is 54.6 Å². The minimum absolute atomic E-state index is 0.0373. The van der Waals surface area contributed by atoms with Gasteiger partial charge in [-0.15, -0.1) is 0 Å². The average Bonchev–Trinajstić information content (AvgIpc) is 3.46. The Balaban J connectivity index is 1.22. The van der Waals surface area contributed by atoms with E-state index in [4.69, 9.17) is 33.8 Å². The van der Waals surface area contributed by atoms with E-state index in [9.17, 15) is 0 Å². The maximum Gasteiger partial charge on any atom is 0.232 e. The normalized spacial score (nSPS) is 20.2. The summed E-state index contributed by atoms with van der Waals surface area (Å²) >= 11 is 12.2. The molecular weight excluding hydrogens is 536 g/mol. The number of thiocarbonyl (C=S) groups is 1. The molecule has 0 spiro atoms. The molecule has 2 aromatic carbocycles. The van der Waals surface area contributed by atoms with Crippen molar-refractivity contribution in [3.8, 4) is 0 Å². The summed E-state index contributed by atoms with van der Waals surface area (Å²) in [5, 5.41) is 8.22. The highest BCUT2D eigenvalue weighted by molar-refractivity contribution is 7.80. The zero-order valence-corrected chi connectivity index (χ0v) is 24.9. The molecule has 3 aliphatic rings. The number of nitrogens with zero attached hydrogens (tertiary/aromatic N) is 4. The molecule has 3 heterocycles. The lowest BCUT2D eigenvalue weighted by Gasteiger charge is -2.34. The fraction of sp³-hybridized carbons (Fsp3) is 0.469. The zero-order valence-electron chi connectivity index (χ0n) is 23.3. The summed E-state index contributed by atoms with van der Waals surface area (Å²) in [6.45, 7) is 6.92. The van der Waals surface area contributed by atoms with Crippen LogP contribution in [0.5, 0.6) is 0 Å². The minimum atomic E-state index is 0.0373. The lowest BCUT2D eigenvalue weighted by molar-refractivity contribution is 0.435. The lowest BCUT2D eigenvalue weighted by Crippen LogP contribution is -2.41. The van der Waals surface area contributed by atoms with E-state index >= 15 is 0 Å². The van der Waals surface area contributed by atoms with Crippen molar-refractivity contribution in [2.75, 3.05) is 41.3 Å². The number of rotatable bonds is 6. The van der Waals surface area contributed by atoms with E-state index in [-0.39, 0.29) is 5.41 Å². The van der Waals surface area contributed by atoms with Crippen LogP contribution < -0.4 is 20.4 Å². The number of piperidine rings is 1. The molecule has 1 aliphatic carbocycles. The molecular formula is C32H39ClN6S. The van der Waals surface area contributed by atoms with E-state index < -0.39 is 0 Å². The molecule has 0 amide bonds. The van der Waals surface area contributed by atoms with Crippen LogP contribution in [0.25, 0.3) is 0 Å². The molecule has 0 bridgehead atoms. The Morgan fingerprint density at radius 3 is 2.52 bits per heavy atom. The number of halogens is 1. The quantitative estimate of drug-likeness (QED) is 0.317.